The summed E-state index contributed by atoms with van der Waals surface area (Å²) in [6.07, 6.45) is 0. The fourth-order valence-corrected chi connectivity index (χ4v) is 1.96. The van der Waals surface area contributed by atoms with Crippen LogP contribution in [0.1, 0.15) is 16.2 Å². The Balaban J connectivity index is 2.22. The minimum absolute atomic E-state index is 0.143. The molecule has 2 rings (SSSR count). The first-order valence-corrected chi connectivity index (χ1v) is 6.88. The number of benzene rings is 1. The van der Waals surface area contributed by atoms with Gasteiger partial charge in [0, 0.05) is 26.8 Å². The topological polar surface area (TPSA) is 79.3 Å². The van der Waals surface area contributed by atoms with Gasteiger partial charge in [0.2, 0.25) is 0 Å². The second-order valence-corrected chi connectivity index (χ2v) is 5.22. The van der Waals surface area contributed by atoms with Gasteiger partial charge in [0.15, 0.2) is 5.69 Å². The van der Waals surface area contributed by atoms with Crippen molar-refractivity contribution in [2.24, 2.45) is 7.05 Å². The third-order valence-corrected chi connectivity index (χ3v) is 3.26. The fraction of sp³-hybridized carbons (Fsp3) is 0.267. The number of hydrogen-bond acceptors (Lipinski definition) is 3. The molecule has 3 amide bonds. The Hall–Kier alpha value is -2.90. The minimum Gasteiger partial charge on any atom is -0.343 e. The summed E-state index contributed by atoms with van der Waals surface area (Å²) in [4.78, 5) is 25.6. The van der Waals surface area contributed by atoms with Gasteiger partial charge in [0.1, 0.15) is 5.82 Å². The molecule has 1 aromatic heterocycles. The lowest BCUT2D eigenvalue weighted by Crippen LogP contribution is -2.25. The summed E-state index contributed by atoms with van der Waals surface area (Å²) in [6.45, 7) is 1.73. The van der Waals surface area contributed by atoms with Gasteiger partial charge in [-0.3, -0.25) is 9.48 Å². The average Bonchev–Trinajstić information content (AvgIpc) is 2.74. The van der Waals surface area contributed by atoms with Crippen LogP contribution in [0.25, 0.3) is 0 Å². The van der Waals surface area contributed by atoms with Crippen LogP contribution in [-0.4, -0.2) is 40.7 Å². The molecular weight excluding hydrogens is 301 g/mol. The van der Waals surface area contributed by atoms with Gasteiger partial charge in [-0.1, -0.05) is 6.07 Å². The summed E-state index contributed by atoms with van der Waals surface area (Å²) < 4.78 is 14.6. The van der Waals surface area contributed by atoms with Gasteiger partial charge in [-0.2, -0.15) is 5.10 Å². The van der Waals surface area contributed by atoms with Crippen LogP contribution in [0.2, 0.25) is 0 Å². The first-order chi connectivity index (χ1) is 10.8. The Kier molecular flexibility index (Phi) is 4.63. The Morgan fingerprint density at radius 3 is 2.57 bits per heavy atom. The minimum atomic E-state index is -0.584. The molecule has 1 aromatic carbocycles. The van der Waals surface area contributed by atoms with Crippen LogP contribution in [-0.2, 0) is 7.05 Å². The van der Waals surface area contributed by atoms with Gasteiger partial charge in [-0.25, -0.2) is 9.18 Å². The van der Waals surface area contributed by atoms with Crippen molar-refractivity contribution in [2.75, 3.05) is 24.7 Å². The molecule has 0 aliphatic rings. The van der Waals surface area contributed by atoms with Crippen molar-refractivity contribution in [3.8, 4) is 0 Å². The zero-order valence-corrected chi connectivity index (χ0v) is 13.3. The molecule has 2 N–H and O–H groups in total. The fourth-order valence-electron chi connectivity index (χ4n) is 1.96. The SMILES string of the molecule is Cc1c(NC(=O)Nc2cccc(F)c2)c(C(=O)N(C)C)nn1C. The number of nitrogens with zero attached hydrogens (tertiary/aromatic N) is 3. The lowest BCUT2D eigenvalue weighted by atomic mass is 10.2. The number of nitrogens with one attached hydrogen (secondary N) is 2. The van der Waals surface area contributed by atoms with Crippen molar-refractivity contribution in [2.45, 2.75) is 6.92 Å². The molecule has 122 valence electrons. The van der Waals surface area contributed by atoms with E-state index >= 15 is 0 Å². The van der Waals surface area contributed by atoms with E-state index in [9.17, 15) is 14.0 Å². The van der Waals surface area contributed by atoms with E-state index in [0.29, 0.717) is 17.1 Å². The predicted molar refractivity (Wildman–Crippen MR) is 85.0 cm³/mol. The zero-order valence-electron chi connectivity index (χ0n) is 13.3. The second-order valence-electron chi connectivity index (χ2n) is 5.22. The van der Waals surface area contributed by atoms with Crippen molar-refractivity contribution in [3.05, 3.63) is 41.5 Å². The summed E-state index contributed by atoms with van der Waals surface area (Å²) in [6, 6.07) is 4.94. The molecule has 0 bridgehead atoms. The number of urea groups is 1. The molecule has 8 heteroatoms. The average molecular weight is 319 g/mol. The number of carbonyl (C=O) groups is 2. The van der Waals surface area contributed by atoms with Crippen molar-refractivity contribution in [3.63, 3.8) is 0 Å². The highest BCUT2D eigenvalue weighted by Gasteiger charge is 2.22. The van der Waals surface area contributed by atoms with Crippen molar-refractivity contribution in [1.29, 1.82) is 0 Å². The maximum absolute atomic E-state index is 13.1. The Labute approximate surface area is 133 Å². The summed E-state index contributed by atoms with van der Waals surface area (Å²) in [5.41, 5.74) is 1.40. The highest BCUT2D eigenvalue weighted by molar-refractivity contribution is 6.06. The van der Waals surface area contributed by atoms with Gasteiger partial charge in [0.05, 0.1) is 11.4 Å². The molecule has 0 fully saturated rings. The summed E-state index contributed by atoms with van der Waals surface area (Å²) in [5, 5.41) is 9.24. The molecule has 0 atom stereocenters. The Morgan fingerprint density at radius 2 is 1.96 bits per heavy atom. The van der Waals surface area contributed by atoms with Crippen LogP contribution >= 0.6 is 0 Å². The molecule has 2 aromatic rings. The Morgan fingerprint density at radius 1 is 1.26 bits per heavy atom. The van der Waals surface area contributed by atoms with Crippen LogP contribution in [0, 0.1) is 12.7 Å². The predicted octanol–water partition coefficient (Wildman–Crippen LogP) is 2.21. The largest absolute Gasteiger partial charge is 0.343 e. The number of aryl methyl sites for hydroxylation is 1. The number of amides is 3. The quantitative estimate of drug-likeness (QED) is 0.910. The molecule has 0 radical (unpaired) electrons. The standard InChI is InChI=1S/C15H18FN5O2/c1-9-12(13(19-21(9)4)14(22)20(2)3)18-15(23)17-11-7-5-6-10(16)8-11/h5-8H,1-4H3,(H2,17,18,23). The van der Waals surface area contributed by atoms with Gasteiger partial charge in [-0.15, -0.1) is 0 Å². The molecule has 23 heavy (non-hydrogen) atoms. The first-order valence-electron chi connectivity index (χ1n) is 6.88. The van der Waals surface area contributed by atoms with E-state index in [2.05, 4.69) is 15.7 Å². The summed E-state index contributed by atoms with van der Waals surface area (Å²) in [7, 11) is 4.88. The van der Waals surface area contributed by atoms with Gasteiger partial charge < -0.3 is 15.5 Å². The molecule has 7 nitrogen and oxygen atoms in total. The van der Waals surface area contributed by atoms with E-state index in [0.717, 1.165) is 0 Å². The summed E-state index contributed by atoms with van der Waals surface area (Å²) >= 11 is 0. The van der Waals surface area contributed by atoms with E-state index in [1.165, 1.54) is 27.8 Å². The third-order valence-electron chi connectivity index (χ3n) is 3.26. The van der Waals surface area contributed by atoms with Crippen molar-refractivity contribution >= 4 is 23.3 Å². The number of carbonyl (C=O) groups excluding carboxylic acids is 2. The number of aromatic nitrogens is 2. The van der Waals surface area contributed by atoms with E-state index in [4.69, 9.17) is 0 Å². The molecule has 0 unspecified atom stereocenters. The number of rotatable bonds is 3. The van der Waals surface area contributed by atoms with Gasteiger partial charge in [0.25, 0.3) is 5.91 Å². The second kappa shape index (κ2) is 6.47. The van der Waals surface area contributed by atoms with Crippen LogP contribution < -0.4 is 10.6 Å². The Bertz CT molecular complexity index is 754. The van der Waals surface area contributed by atoms with Crippen LogP contribution in [0.15, 0.2) is 24.3 Å². The maximum atomic E-state index is 13.1. The van der Waals surface area contributed by atoms with Crippen LogP contribution in [0.4, 0.5) is 20.6 Å². The smallest absolute Gasteiger partial charge is 0.323 e. The molecule has 0 aliphatic heterocycles. The highest BCUT2D eigenvalue weighted by atomic mass is 19.1. The number of halogens is 1. The van der Waals surface area contributed by atoms with Crippen LogP contribution in [0.5, 0.6) is 0 Å². The molecular formula is C15H18FN5O2. The van der Waals surface area contributed by atoms with Gasteiger partial charge >= 0.3 is 6.03 Å². The van der Waals surface area contributed by atoms with Crippen molar-refractivity contribution in [1.82, 2.24) is 14.7 Å². The van der Waals surface area contributed by atoms with Gasteiger partial charge in [-0.05, 0) is 25.1 Å². The van der Waals surface area contributed by atoms with Crippen molar-refractivity contribution < 1.29 is 14.0 Å². The van der Waals surface area contributed by atoms with E-state index in [1.807, 2.05) is 0 Å². The molecule has 0 aliphatic carbocycles. The normalized spacial score (nSPS) is 10.3. The lowest BCUT2D eigenvalue weighted by molar-refractivity contribution is 0.0822. The first kappa shape index (κ1) is 16.5. The maximum Gasteiger partial charge on any atom is 0.323 e. The number of hydrogen-bond donors (Lipinski definition) is 2. The third kappa shape index (κ3) is 3.65. The molecule has 0 saturated carbocycles. The highest BCUT2D eigenvalue weighted by Crippen LogP contribution is 2.21. The molecule has 1 heterocycles. The monoisotopic (exact) mass is 319 g/mol. The number of anilines is 2. The molecule has 0 saturated heterocycles. The molecule has 0 spiro atoms. The van der Waals surface area contributed by atoms with Crippen LogP contribution in [0.3, 0.4) is 0 Å². The summed E-state index contributed by atoms with van der Waals surface area (Å²) in [5.74, 6) is -0.779. The lowest BCUT2D eigenvalue weighted by Gasteiger charge is -2.11. The van der Waals surface area contributed by atoms with E-state index in [-0.39, 0.29) is 11.6 Å². The van der Waals surface area contributed by atoms with E-state index in [1.54, 1.807) is 34.1 Å². The zero-order chi connectivity index (χ0) is 17.1. The van der Waals surface area contributed by atoms with E-state index < -0.39 is 11.8 Å².